The summed E-state index contributed by atoms with van der Waals surface area (Å²) in [6.07, 6.45) is 0. The van der Waals surface area contributed by atoms with Gasteiger partial charge in [-0.05, 0) is 18.2 Å². The van der Waals surface area contributed by atoms with E-state index in [0.717, 1.165) is 14.5 Å². The highest BCUT2D eigenvalue weighted by Crippen LogP contribution is 2.19. The third-order valence-corrected chi connectivity index (χ3v) is 2.30. The molecule has 1 rings (SSSR count). The summed E-state index contributed by atoms with van der Waals surface area (Å²) in [5.41, 5.74) is 6.30. The SMILES string of the molecule is NC(=S)c1cc(Br)cc(Br)c1. The molecule has 4 heteroatoms. The Hall–Kier alpha value is 0.0700. The first-order valence-corrected chi connectivity index (χ1v) is 4.85. The fraction of sp³-hybridized carbons (Fsp3) is 0. The van der Waals surface area contributed by atoms with Gasteiger partial charge in [-0.15, -0.1) is 0 Å². The van der Waals surface area contributed by atoms with Crippen molar-refractivity contribution in [3.63, 3.8) is 0 Å². The molecule has 0 saturated heterocycles. The first-order chi connectivity index (χ1) is 5.09. The molecule has 1 aromatic rings. The summed E-state index contributed by atoms with van der Waals surface area (Å²) in [6.45, 7) is 0. The Labute approximate surface area is 87.2 Å². The van der Waals surface area contributed by atoms with Gasteiger partial charge >= 0.3 is 0 Å². The van der Waals surface area contributed by atoms with Gasteiger partial charge in [0.15, 0.2) is 0 Å². The van der Waals surface area contributed by atoms with Crippen LogP contribution in [-0.2, 0) is 0 Å². The second-order valence-corrected chi connectivity index (χ2v) is 4.29. The number of hydrogen-bond donors (Lipinski definition) is 1. The Balaban J connectivity index is 3.19. The van der Waals surface area contributed by atoms with Crippen LogP contribution in [0.2, 0.25) is 0 Å². The van der Waals surface area contributed by atoms with Crippen LogP contribution in [0.5, 0.6) is 0 Å². The van der Waals surface area contributed by atoms with Gasteiger partial charge in [0.1, 0.15) is 4.99 Å². The lowest BCUT2D eigenvalue weighted by molar-refractivity contribution is 1.55. The highest BCUT2D eigenvalue weighted by molar-refractivity contribution is 9.11. The van der Waals surface area contributed by atoms with E-state index >= 15 is 0 Å². The van der Waals surface area contributed by atoms with Crippen LogP contribution in [-0.4, -0.2) is 4.99 Å². The van der Waals surface area contributed by atoms with E-state index in [0.29, 0.717) is 4.99 Å². The van der Waals surface area contributed by atoms with Gasteiger partial charge < -0.3 is 5.73 Å². The van der Waals surface area contributed by atoms with E-state index in [-0.39, 0.29) is 0 Å². The van der Waals surface area contributed by atoms with Crippen LogP contribution in [0.3, 0.4) is 0 Å². The van der Waals surface area contributed by atoms with Crippen molar-refractivity contribution in [3.8, 4) is 0 Å². The maximum absolute atomic E-state index is 5.44. The average molecular weight is 295 g/mol. The predicted octanol–water partition coefficient (Wildman–Crippen LogP) is 2.85. The molecule has 0 heterocycles. The van der Waals surface area contributed by atoms with Crippen LogP contribution in [0.25, 0.3) is 0 Å². The van der Waals surface area contributed by atoms with Crippen LogP contribution in [0, 0.1) is 0 Å². The standard InChI is InChI=1S/C7H5Br2NS/c8-5-1-4(7(10)11)2-6(9)3-5/h1-3H,(H2,10,11). The van der Waals surface area contributed by atoms with Crippen LogP contribution in [0.15, 0.2) is 27.1 Å². The molecule has 11 heavy (non-hydrogen) atoms. The van der Waals surface area contributed by atoms with Crippen molar-refractivity contribution >= 4 is 49.1 Å². The first kappa shape index (κ1) is 9.16. The van der Waals surface area contributed by atoms with E-state index in [1.54, 1.807) is 0 Å². The number of rotatable bonds is 1. The van der Waals surface area contributed by atoms with Crippen LogP contribution < -0.4 is 5.73 Å². The zero-order chi connectivity index (χ0) is 8.43. The van der Waals surface area contributed by atoms with Gasteiger partial charge in [-0.2, -0.15) is 0 Å². The van der Waals surface area contributed by atoms with Crippen LogP contribution in [0.4, 0.5) is 0 Å². The summed E-state index contributed by atoms with van der Waals surface area (Å²) in [5.74, 6) is 0. The summed E-state index contributed by atoms with van der Waals surface area (Å²) in [5, 5.41) is 0. The molecular weight excluding hydrogens is 290 g/mol. The second kappa shape index (κ2) is 3.65. The molecular formula is C7H5Br2NS. The minimum atomic E-state index is 0.409. The molecule has 1 aromatic carbocycles. The first-order valence-electron chi connectivity index (χ1n) is 2.85. The lowest BCUT2D eigenvalue weighted by Gasteiger charge is -1.99. The van der Waals surface area contributed by atoms with Gasteiger partial charge in [-0.3, -0.25) is 0 Å². The summed E-state index contributed by atoms with van der Waals surface area (Å²) in [6, 6.07) is 5.70. The molecule has 1 nitrogen and oxygen atoms in total. The van der Waals surface area contributed by atoms with Gasteiger partial charge in [-0.25, -0.2) is 0 Å². The molecule has 0 radical (unpaired) electrons. The maximum Gasteiger partial charge on any atom is 0.104 e. The normalized spacial score (nSPS) is 9.64. The molecule has 0 aliphatic heterocycles. The Bertz CT molecular complexity index is 278. The molecule has 0 atom stereocenters. The lowest BCUT2D eigenvalue weighted by atomic mass is 10.2. The third-order valence-electron chi connectivity index (χ3n) is 1.15. The Morgan fingerprint density at radius 1 is 1.18 bits per heavy atom. The molecule has 0 aliphatic rings. The van der Waals surface area contributed by atoms with Gasteiger partial charge in [0.25, 0.3) is 0 Å². The monoisotopic (exact) mass is 293 g/mol. The van der Waals surface area contributed by atoms with Crippen molar-refractivity contribution < 1.29 is 0 Å². The van der Waals surface area contributed by atoms with E-state index < -0.39 is 0 Å². The molecule has 0 bridgehead atoms. The topological polar surface area (TPSA) is 26.0 Å². The van der Waals surface area contributed by atoms with Gasteiger partial charge in [0.2, 0.25) is 0 Å². The van der Waals surface area contributed by atoms with Crippen molar-refractivity contribution in [2.45, 2.75) is 0 Å². The van der Waals surface area contributed by atoms with E-state index in [9.17, 15) is 0 Å². The fourth-order valence-corrected chi connectivity index (χ4v) is 2.11. The smallest absolute Gasteiger partial charge is 0.104 e. The van der Waals surface area contributed by atoms with E-state index in [4.69, 9.17) is 18.0 Å². The zero-order valence-corrected chi connectivity index (χ0v) is 9.46. The van der Waals surface area contributed by atoms with Crippen LogP contribution >= 0.6 is 44.1 Å². The van der Waals surface area contributed by atoms with Crippen molar-refractivity contribution in [3.05, 3.63) is 32.7 Å². The Kier molecular flexibility index (Phi) is 3.04. The number of halogens is 2. The summed E-state index contributed by atoms with van der Waals surface area (Å²) in [4.78, 5) is 0.409. The lowest BCUT2D eigenvalue weighted by Crippen LogP contribution is -2.08. The summed E-state index contributed by atoms with van der Waals surface area (Å²) < 4.78 is 1.93. The summed E-state index contributed by atoms with van der Waals surface area (Å²) >= 11 is 11.5. The second-order valence-electron chi connectivity index (χ2n) is 2.02. The van der Waals surface area contributed by atoms with E-state index in [2.05, 4.69) is 31.9 Å². The van der Waals surface area contributed by atoms with Crippen LogP contribution in [0.1, 0.15) is 5.56 Å². The molecule has 0 amide bonds. The molecule has 0 spiro atoms. The number of thiocarbonyl (C=S) groups is 1. The highest BCUT2D eigenvalue weighted by atomic mass is 79.9. The molecule has 0 aliphatic carbocycles. The Morgan fingerprint density at radius 3 is 2.00 bits per heavy atom. The molecule has 2 N–H and O–H groups in total. The largest absolute Gasteiger partial charge is 0.389 e. The molecule has 0 saturated carbocycles. The number of hydrogen-bond acceptors (Lipinski definition) is 1. The van der Waals surface area contributed by atoms with Gasteiger partial charge in [0, 0.05) is 14.5 Å². The van der Waals surface area contributed by atoms with Crippen molar-refractivity contribution in [1.29, 1.82) is 0 Å². The molecule has 0 aromatic heterocycles. The van der Waals surface area contributed by atoms with Crippen molar-refractivity contribution in [2.75, 3.05) is 0 Å². The molecule has 0 fully saturated rings. The average Bonchev–Trinajstić information content (AvgIpc) is 1.85. The molecule has 58 valence electrons. The Morgan fingerprint density at radius 2 is 1.64 bits per heavy atom. The number of nitrogens with two attached hydrogens (primary N) is 1. The minimum absolute atomic E-state index is 0.409. The maximum atomic E-state index is 5.44. The quantitative estimate of drug-likeness (QED) is 0.806. The van der Waals surface area contributed by atoms with E-state index in [1.165, 1.54) is 0 Å². The fourth-order valence-electron chi connectivity index (χ4n) is 0.696. The molecule has 0 unspecified atom stereocenters. The van der Waals surface area contributed by atoms with E-state index in [1.807, 2.05) is 18.2 Å². The minimum Gasteiger partial charge on any atom is -0.389 e. The van der Waals surface area contributed by atoms with Crippen molar-refractivity contribution in [1.82, 2.24) is 0 Å². The highest BCUT2D eigenvalue weighted by Gasteiger charge is 1.98. The van der Waals surface area contributed by atoms with Gasteiger partial charge in [-0.1, -0.05) is 44.1 Å². The van der Waals surface area contributed by atoms with Crippen molar-refractivity contribution in [2.24, 2.45) is 5.73 Å². The third kappa shape index (κ3) is 2.54. The summed E-state index contributed by atoms with van der Waals surface area (Å²) in [7, 11) is 0. The predicted molar refractivity (Wildman–Crippen MR) is 57.7 cm³/mol. The zero-order valence-electron chi connectivity index (χ0n) is 5.47. The van der Waals surface area contributed by atoms with Gasteiger partial charge in [0.05, 0.1) is 0 Å². The number of benzene rings is 1.